The van der Waals surface area contributed by atoms with Gasteiger partial charge in [0, 0.05) is 5.56 Å². The first kappa shape index (κ1) is 14.6. The van der Waals surface area contributed by atoms with Gasteiger partial charge in [-0.15, -0.1) is 0 Å². The second-order valence-electron chi connectivity index (χ2n) is 5.15. The highest BCUT2D eigenvalue weighted by Gasteiger charge is 2.18. The largest absolute Gasteiger partial charge is 0.504 e. The molecular formula is C15H16N2O2. The van der Waals surface area contributed by atoms with Crippen LogP contribution in [0.4, 0.5) is 0 Å². The van der Waals surface area contributed by atoms with Gasteiger partial charge in [-0.2, -0.15) is 10.5 Å². The Morgan fingerprint density at radius 3 is 2.26 bits per heavy atom. The molecule has 19 heavy (non-hydrogen) atoms. The van der Waals surface area contributed by atoms with Crippen LogP contribution in [0.5, 0.6) is 11.5 Å². The number of hydrogen-bond acceptors (Lipinski definition) is 4. The number of nitriles is 2. The predicted octanol–water partition coefficient (Wildman–Crippen LogP) is 3.13. The molecule has 0 radical (unpaired) electrons. The Morgan fingerprint density at radius 1 is 1.26 bits per heavy atom. The molecule has 1 rings (SSSR count). The number of nitrogens with zero attached hydrogens (tertiary/aromatic N) is 2. The number of phenolic OH excluding ortho intramolecular Hbond substituents is 1. The van der Waals surface area contributed by atoms with Gasteiger partial charge in [-0.3, -0.25) is 0 Å². The van der Waals surface area contributed by atoms with Crippen molar-refractivity contribution in [2.75, 3.05) is 7.11 Å². The van der Waals surface area contributed by atoms with Crippen LogP contribution >= 0.6 is 0 Å². The average molecular weight is 256 g/mol. The van der Waals surface area contributed by atoms with Gasteiger partial charge in [-0.05, 0) is 29.2 Å². The van der Waals surface area contributed by atoms with Crippen molar-refractivity contribution in [2.24, 2.45) is 0 Å². The first-order valence-corrected chi connectivity index (χ1v) is 5.77. The number of rotatable bonds is 2. The molecule has 4 heteroatoms. The molecule has 98 valence electrons. The lowest BCUT2D eigenvalue weighted by Crippen LogP contribution is -2.11. The lowest BCUT2D eigenvalue weighted by Gasteiger charge is -2.21. The third-order valence-electron chi connectivity index (χ3n) is 2.73. The molecule has 0 bridgehead atoms. The third-order valence-corrected chi connectivity index (χ3v) is 2.73. The van der Waals surface area contributed by atoms with Crippen LogP contribution in [0, 0.1) is 22.7 Å². The Balaban J connectivity index is 3.53. The van der Waals surface area contributed by atoms with Gasteiger partial charge in [0.15, 0.2) is 11.5 Å². The first-order chi connectivity index (χ1) is 8.83. The van der Waals surface area contributed by atoms with Gasteiger partial charge in [0.25, 0.3) is 0 Å². The summed E-state index contributed by atoms with van der Waals surface area (Å²) in [5.74, 6) is 0.257. The molecular weight excluding hydrogens is 240 g/mol. The SMILES string of the molecule is COc1cc(C(C)(C)C)cc(C=C(C#N)C#N)c1O. The van der Waals surface area contributed by atoms with Crippen LogP contribution in [-0.4, -0.2) is 12.2 Å². The second-order valence-corrected chi connectivity index (χ2v) is 5.15. The third kappa shape index (κ3) is 3.26. The van der Waals surface area contributed by atoms with E-state index in [9.17, 15) is 5.11 Å². The van der Waals surface area contributed by atoms with Crippen LogP contribution in [0.1, 0.15) is 31.9 Å². The van der Waals surface area contributed by atoms with Gasteiger partial charge in [0.1, 0.15) is 17.7 Å². The predicted molar refractivity (Wildman–Crippen MR) is 72.6 cm³/mol. The number of phenols is 1. The molecule has 0 saturated heterocycles. The number of allylic oxidation sites excluding steroid dienone is 1. The molecule has 1 aromatic rings. The van der Waals surface area contributed by atoms with Crippen LogP contribution in [-0.2, 0) is 5.41 Å². The maximum atomic E-state index is 10.0. The normalized spacial score (nSPS) is 10.2. The van der Waals surface area contributed by atoms with Gasteiger partial charge >= 0.3 is 0 Å². The number of aromatic hydroxyl groups is 1. The van der Waals surface area contributed by atoms with Crippen LogP contribution in [0.25, 0.3) is 6.08 Å². The quantitative estimate of drug-likeness (QED) is 0.824. The molecule has 0 atom stereocenters. The summed E-state index contributed by atoms with van der Waals surface area (Å²) in [5, 5.41) is 27.6. The van der Waals surface area contributed by atoms with E-state index in [0.717, 1.165) is 5.56 Å². The van der Waals surface area contributed by atoms with Crippen molar-refractivity contribution in [2.45, 2.75) is 26.2 Å². The molecule has 0 amide bonds. The Kier molecular flexibility index (Phi) is 4.19. The van der Waals surface area contributed by atoms with Crippen molar-refractivity contribution < 1.29 is 9.84 Å². The molecule has 0 heterocycles. The lowest BCUT2D eigenvalue weighted by atomic mass is 9.85. The summed E-state index contributed by atoms with van der Waals surface area (Å²) in [6.07, 6.45) is 1.35. The maximum Gasteiger partial charge on any atom is 0.165 e. The summed E-state index contributed by atoms with van der Waals surface area (Å²) in [4.78, 5) is 0. The van der Waals surface area contributed by atoms with Crippen molar-refractivity contribution in [1.82, 2.24) is 0 Å². The van der Waals surface area contributed by atoms with E-state index < -0.39 is 0 Å². The van der Waals surface area contributed by atoms with Gasteiger partial charge in [0.2, 0.25) is 0 Å². The van der Waals surface area contributed by atoms with Crippen molar-refractivity contribution >= 4 is 6.08 Å². The van der Waals surface area contributed by atoms with Crippen molar-refractivity contribution in [1.29, 1.82) is 10.5 Å². The van der Waals surface area contributed by atoms with Gasteiger partial charge in [0.05, 0.1) is 7.11 Å². The standard InChI is InChI=1S/C15H16N2O2/c1-15(2,3)12-6-11(5-10(8-16)9-17)14(18)13(7-12)19-4/h5-7,18H,1-4H3. The highest BCUT2D eigenvalue weighted by molar-refractivity contribution is 5.69. The monoisotopic (exact) mass is 256 g/mol. The maximum absolute atomic E-state index is 10.0. The first-order valence-electron chi connectivity index (χ1n) is 5.77. The molecule has 0 unspecified atom stereocenters. The summed E-state index contributed by atoms with van der Waals surface area (Å²) in [5.41, 5.74) is 1.15. The number of methoxy groups -OCH3 is 1. The summed E-state index contributed by atoms with van der Waals surface area (Å²) >= 11 is 0. The lowest BCUT2D eigenvalue weighted by molar-refractivity contribution is 0.371. The van der Waals surface area contributed by atoms with E-state index in [1.807, 2.05) is 20.8 Å². The van der Waals surface area contributed by atoms with Crippen molar-refractivity contribution in [3.63, 3.8) is 0 Å². The zero-order valence-electron chi connectivity index (χ0n) is 11.5. The summed E-state index contributed by atoms with van der Waals surface area (Å²) in [6, 6.07) is 7.05. The smallest absolute Gasteiger partial charge is 0.165 e. The summed E-state index contributed by atoms with van der Waals surface area (Å²) < 4.78 is 5.13. The molecule has 0 aliphatic rings. The van der Waals surface area contributed by atoms with Crippen LogP contribution < -0.4 is 4.74 Å². The van der Waals surface area contributed by atoms with E-state index in [2.05, 4.69) is 0 Å². The molecule has 0 aromatic heterocycles. The topological polar surface area (TPSA) is 77.0 Å². The van der Waals surface area contributed by atoms with Gasteiger partial charge in [-0.25, -0.2) is 0 Å². The van der Waals surface area contributed by atoms with Crippen molar-refractivity contribution in [3.8, 4) is 23.6 Å². The van der Waals surface area contributed by atoms with E-state index >= 15 is 0 Å². The molecule has 1 N–H and O–H groups in total. The minimum atomic E-state index is -0.136. The number of benzene rings is 1. The van der Waals surface area contributed by atoms with Gasteiger partial charge < -0.3 is 9.84 Å². The Bertz CT molecular complexity index is 580. The van der Waals surface area contributed by atoms with E-state index in [1.165, 1.54) is 13.2 Å². The van der Waals surface area contributed by atoms with Gasteiger partial charge in [-0.1, -0.05) is 20.8 Å². The van der Waals surface area contributed by atoms with E-state index in [0.29, 0.717) is 11.3 Å². The van der Waals surface area contributed by atoms with Crippen LogP contribution in [0.3, 0.4) is 0 Å². The fourth-order valence-electron chi connectivity index (χ4n) is 1.57. The fourth-order valence-corrected chi connectivity index (χ4v) is 1.57. The van der Waals surface area contributed by atoms with E-state index in [4.69, 9.17) is 15.3 Å². The van der Waals surface area contributed by atoms with Crippen molar-refractivity contribution in [3.05, 3.63) is 28.8 Å². The molecule has 4 nitrogen and oxygen atoms in total. The molecule has 0 aliphatic heterocycles. The average Bonchev–Trinajstić information content (AvgIpc) is 2.36. The summed E-state index contributed by atoms with van der Waals surface area (Å²) in [6.45, 7) is 6.09. The zero-order valence-corrected chi connectivity index (χ0v) is 11.5. The highest BCUT2D eigenvalue weighted by atomic mass is 16.5. The number of hydrogen-bond donors (Lipinski definition) is 1. The number of ether oxygens (including phenoxy) is 1. The second kappa shape index (κ2) is 5.46. The molecule has 1 aromatic carbocycles. The Morgan fingerprint density at radius 2 is 1.84 bits per heavy atom. The van der Waals surface area contributed by atoms with E-state index in [-0.39, 0.29) is 16.7 Å². The molecule has 0 spiro atoms. The van der Waals surface area contributed by atoms with E-state index in [1.54, 1.807) is 24.3 Å². The fraction of sp³-hybridized carbons (Fsp3) is 0.333. The zero-order chi connectivity index (χ0) is 14.6. The molecule has 0 aliphatic carbocycles. The minimum Gasteiger partial charge on any atom is -0.504 e. The molecule has 0 fully saturated rings. The Labute approximate surface area is 113 Å². The van der Waals surface area contributed by atoms with Crippen LogP contribution in [0.2, 0.25) is 0 Å². The Hall–Kier alpha value is -2.46. The summed E-state index contributed by atoms with van der Waals surface area (Å²) in [7, 11) is 1.46. The molecule has 0 saturated carbocycles. The van der Waals surface area contributed by atoms with Crippen LogP contribution in [0.15, 0.2) is 17.7 Å². The minimum absolute atomic E-state index is 0.0663. The highest BCUT2D eigenvalue weighted by Crippen LogP contribution is 2.36.